The van der Waals surface area contributed by atoms with E-state index in [4.69, 9.17) is 0 Å². The first kappa shape index (κ1) is 20.9. The molecular weight excluding hydrogens is 389 g/mol. The zero-order chi connectivity index (χ0) is 21.1. The van der Waals surface area contributed by atoms with Gasteiger partial charge in [-0.2, -0.15) is 13.2 Å². The molecule has 0 bridgehead atoms. The van der Waals surface area contributed by atoms with Gasteiger partial charge in [0.05, 0.1) is 11.6 Å². The van der Waals surface area contributed by atoms with Gasteiger partial charge >= 0.3 is 6.18 Å². The molecule has 30 heavy (non-hydrogen) atoms. The number of aromatic nitrogens is 1. The number of hydrogen-bond acceptors (Lipinski definition) is 4. The number of hydrogen-bond donors (Lipinski definition) is 2. The third-order valence-corrected chi connectivity index (χ3v) is 5.95. The molecule has 2 N–H and O–H groups in total. The highest BCUT2D eigenvalue weighted by atomic mass is 19.4. The highest BCUT2D eigenvalue weighted by Crippen LogP contribution is 2.36. The highest BCUT2D eigenvalue weighted by Gasteiger charge is 2.31. The second-order valence-electron chi connectivity index (χ2n) is 8.06. The van der Waals surface area contributed by atoms with Crippen molar-refractivity contribution in [3.63, 3.8) is 0 Å². The summed E-state index contributed by atoms with van der Waals surface area (Å²) in [6.45, 7) is 2.74. The van der Waals surface area contributed by atoms with E-state index in [1.807, 2.05) is 19.3 Å². The Labute approximate surface area is 175 Å². The molecule has 7 heteroatoms. The van der Waals surface area contributed by atoms with E-state index in [0.717, 1.165) is 54.7 Å². The van der Waals surface area contributed by atoms with Crippen LogP contribution in [0.25, 0.3) is 5.70 Å². The van der Waals surface area contributed by atoms with Crippen LogP contribution in [-0.2, 0) is 6.18 Å². The molecule has 1 saturated heterocycles. The van der Waals surface area contributed by atoms with E-state index in [0.29, 0.717) is 12.6 Å². The number of nitrogens with zero attached hydrogens (tertiary/aromatic N) is 2. The fourth-order valence-corrected chi connectivity index (χ4v) is 4.37. The molecule has 0 spiro atoms. The maximum absolute atomic E-state index is 13.0. The Morgan fingerprint density at radius 1 is 1.10 bits per heavy atom. The molecule has 4 rings (SSSR count). The average Bonchev–Trinajstić information content (AvgIpc) is 3.06. The lowest BCUT2D eigenvalue weighted by Crippen LogP contribution is -2.29. The summed E-state index contributed by atoms with van der Waals surface area (Å²) < 4.78 is 39.0. The lowest BCUT2D eigenvalue weighted by Gasteiger charge is -2.28. The molecule has 0 saturated carbocycles. The summed E-state index contributed by atoms with van der Waals surface area (Å²) in [4.78, 5) is 6.50. The predicted molar refractivity (Wildman–Crippen MR) is 112 cm³/mol. The van der Waals surface area contributed by atoms with Crippen molar-refractivity contribution in [2.75, 3.05) is 26.7 Å². The van der Waals surface area contributed by atoms with E-state index in [1.165, 1.54) is 12.1 Å². The smallest absolute Gasteiger partial charge is 0.382 e. The largest absolute Gasteiger partial charge is 0.416 e. The standard InChI is InChI=1S/C23H27F3N4/c1-30-14-10-21(29-18-3-2-11-27-12-8-18)20-15-28-13-9-19(20)22(30)16-4-6-17(7-5-16)23(24,25)26/h4-7,9-10,13,15,18,22,27,29H,2-3,8,11-12,14H2,1H3. The Bertz CT molecular complexity index is 884. The second-order valence-corrected chi connectivity index (χ2v) is 8.06. The van der Waals surface area contributed by atoms with Crippen molar-refractivity contribution in [1.29, 1.82) is 0 Å². The van der Waals surface area contributed by atoms with E-state index in [9.17, 15) is 13.2 Å². The van der Waals surface area contributed by atoms with Crippen LogP contribution in [0.15, 0.2) is 48.8 Å². The molecule has 1 aromatic carbocycles. The van der Waals surface area contributed by atoms with Crippen molar-refractivity contribution < 1.29 is 13.2 Å². The molecule has 1 fully saturated rings. The maximum atomic E-state index is 13.0. The molecule has 2 aliphatic heterocycles. The van der Waals surface area contributed by atoms with E-state index >= 15 is 0 Å². The number of alkyl halides is 3. The molecular formula is C23H27F3N4. The van der Waals surface area contributed by atoms with Gasteiger partial charge in [0, 0.05) is 36.2 Å². The zero-order valence-electron chi connectivity index (χ0n) is 17.0. The van der Waals surface area contributed by atoms with Crippen LogP contribution < -0.4 is 10.6 Å². The third-order valence-electron chi connectivity index (χ3n) is 5.95. The van der Waals surface area contributed by atoms with Gasteiger partial charge in [-0.3, -0.25) is 9.88 Å². The van der Waals surface area contributed by atoms with Gasteiger partial charge in [0.15, 0.2) is 0 Å². The van der Waals surface area contributed by atoms with Crippen molar-refractivity contribution in [3.8, 4) is 0 Å². The Morgan fingerprint density at radius 2 is 1.90 bits per heavy atom. The van der Waals surface area contributed by atoms with E-state index in [1.54, 1.807) is 18.3 Å². The van der Waals surface area contributed by atoms with Gasteiger partial charge in [-0.15, -0.1) is 0 Å². The first-order valence-electron chi connectivity index (χ1n) is 10.4. The molecule has 2 atom stereocenters. The molecule has 2 aromatic rings. The topological polar surface area (TPSA) is 40.2 Å². The minimum atomic E-state index is -4.33. The molecule has 2 aliphatic rings. The van der Waals surface area contributed by atoms with Crippen LogP contribution in [0.5, 0.6) is 0 Å². The van der Waals surface area contributed by atoms with E-state index in [2.05, 4.69) is 26.6 Å². The number of rotatable bonds is 3. The lowest BCUT2D eigenvalue weighted by molar-refractivity contribution is -0.137. The molecule has 160 valence electrons. The van der Waals surface area contributed by atoms with Crippen molar-refractivity contribution in [3.05, 3.63) is 71.1 Å². The number of benzene rings is 1. The normalized spacial score (nSPS) is 23.1. The van der Waals surface area contributed by atoms with E-state index < -0.39 is 11.7 Å². The molecule has 3 heterocycles. The molecule has 0 radical (unpaired) electrons. The van der Waals surface area contributed by atoms with Crippen molar-refractivity contribution in [1.82, 2.24) is 20.5 Å². The van der Waals surface area contributed by atoms with Gasteiger partial charge in [0.2, 0.25) is 0 Å². The Balaban J connectivity index is 1.66. The fraction of sp³-hybridized carbons (Fsp3) is 0.435. The van der Waals surface area contributed by atoms with E-state index in [-0.39, 0.29) is 6.04 Å². The highest BCUT2D eigenvalue weighted by molar-refractivity contribution is 5.68. The Hall–Kier alpha value is -2.38. The summed E-state index contributed by atoms with van der Waals surface area (Å²) >= 11 is 0. The van der Waals surface area contributed by atoms with Crippen LogP contribution in [0.3, 0.4) is 0 Å². The van der Waals surface area contributed by atoms with Gasteiger partial charge in [0.25, 0.3) is 0 Å². The number of halogens is 3. The first-order valence-corrected chi connectivity index (χ1v) is 10.4. The van der Waals surface area contributed by atoms with Crippen LogP contribution in [0, 0.1) is 0 Å². The second kappa shape index (κ2) is 8.78. The summed E-state index contributed by atoms with van der Waals surface area (Å²) in [5.74, 6) is 0. The Morgan fingerprint density at radius 3 is 2.67 bits per heavy atom. The minimum absolute atomic E-state index is 0.142. The summed E-state index contributed by atoms with van der Waals surface area (Å²) in [7, 11) is 2.00. The lowest BCUT2D eigenvalue weighted by atomic mass is 9.93. The van der Waals surface area contributed by atoms with Crippen molar-refractivity contribution in [2.24, 2.45) is 0 Å². The fourth-order valence-electron chi connectivity index (χ4n) is 4.37. The average molecular weight is 416 g/mol. The van der Waals surface area contributed by atoms with Gasteiger partial charge in [-0.25, -0.2) is 0 Å². The van der Waals surface area contributed by atoms with Crippen LogP contribution in [-0.4, -0.2) is 42.6 Å². The first-order chi connectivity index (χ1) is 14.4. The zero-order valence-corrected chi connectivity index (χ0v) is 17.0. The van der Waals surface area contributed by atoms with Crippen LogP contribution in [0.1, 0.15) is 47.6 Å². The van der Waals surface area contributed by atoms with Gasteiger partial charge < -0.3 is 10.6 Å². The van der Waals surface area contributed by atoms with Crippen LogP contribution in [0.2, 0.25) is 0 Å². The molecule has 1 aromatic heterocycles. The molecule has 4 nitrogen and oxygen atoms in total. The number of likely N-dealkylation sites (N-methyl/N-ethyl adjacent to an activating group) is 1. The van der Waals surface area contributed by atoms with Gasteiger partial charge in [-0.05, 0) is 74.8 Å². The molecule has 0 aliphatic carbocycles. The SMILES string of the molecule is CN1CC=C(NC2CCCNCC2)c2cnccc2C1c1ccc(C(F)(F)F)cc1. The number of nitrogens with one attached hydrogen (secondary N) is 2. The quantitative estimate of drug-likeness (QED) is 0.787. The van der Waals surface area contributed by atoms with Crippen molar-refractivity contribution in [2.45, 2.75) is 37.5 Å². The minimum Gasteiger partial charge on any atom is -0.382 e. The number of pyridine rings is 1. The van der Waals surface area contributed by atoms with Crippen molar-refractivity contribution >= 4 is 5.70 Å². The Kier molecular flexibility index (Phi) is 6.11. The monoisotopic (exact) mass is 416 g/mol. The summed E-state index contributed by atoms with van der Waals surface area (Å²) in [6.07, 6.45) is 4.76. The summed E-state index contributed by atoms with van der Waals surface area (Å²) in [5.41, 5.74) is 3.34. The maximum Gasteiger partial charge on any atom is 0.416 e. The predicted octanol–water partition coefficient (Wildman–Crippen LogP) is 4.21. The summed E-state index contributed by atoms with van der Waals surface area (Å²) in [5, 5.41) is 7.16. The third kappa shape index (κ3) is 4.52. The molecule has 0 amide bonds. The van der Waals surface area contributed by atoms with Gasteiger partial charge in [-0.1, -0.05) is 12.1 Å². The van der Waals surface area contributed by atoms with Gasteiger partial charge in [0.1, 0.15) is 0 Å². The summed E-state index contributed by atoms with van der Waals surface area (Å²) in [6, 6.07) is 7.74. The number of fused-ring (bicyclic) bond motifs is 1. The molecule has 2 unspecified atom stereocenters. The van der Waals surface area contributed by atoms with Crippen LogP contribution >= 0.6 is 0 Å². The van der Waals surface area contributed by atoms with Crippen LogP contribution in [0.4, 0.5) is 13.2 Å².